The number of furan rings is 1. The number of hydrogen-bond donors (Lipinski definition) is 2. The lowest BCUT2D eigenvalue weighted by atomic mass is 10.2. The summed E-state index contributed by atoms with van der Waals surface area (Å²) in [5.74, 6) is -0.248. The van der Waals surface area contributed by atoms with E-state index in [-0.39, 0.29) is 11.3 Å². The van der Waals surface area contributed by atoms with Crippen molar-refractivity contribution in [2.75, 3.05) is 31.2 Å². The quantitative estimate of drug-likeness (QED) is 0.773. The number of rotatable bonds is 4. The van der Waals surface area contributed by atoms with Crippen LogP contribution < -0.4 is 4.90 Å². The number of nitrogens with zero attached hydrogens (tertiary/aromatic N) is 2. The van der Waals surface area contributed by atoms with E-state index in [9.17, 15) is 9.90 Å². The SMILES string of the molecule is O=C(O)c1cc(N=Cc2cc(Br)c(N3CCOCC3)o2)ccc1O. The molecule has 2 heterocycles. The van der Waals surface area contributed by atoms with Crippen molar-refractivity contribution in [3.05, 3.63) is 40.1 Å². The van der Waals surface area contributed by atoms with Gasteiger partial charge in [0.2, 0.25) is 5.88 Å². The number of carboxylic acid groups (broad SMARTS) is 1. The number of aromatic hydroxyl groups is 1. The zero-order valence-corrected chi connectivity index (χ0v) is 14.2. The van der Waals surface area contributed by atoms with Gasteiger partial charge in [-0.1, -0.05) is 0 Å². The summed E-state index contributed by atoms with van der Waals surface area (Å²) in [6, 6.07) is 5.92. The van der Waals surface area contributed by atoms with Gasteiger partial charge >= 0.3 is 5.97 Å². The highest BCUT2D eigenvalue weighted by Gasteiger charge is 2.18. The molecule has 0 bridgehead atoms. The van der Waals surface area contributed by atoms with E-state index in [2.05, 4.69) is 25.8 Å². The van der Waals surface area contributed by atoms with Gasteiger partial charge in [0.1, 0.15) is 17.1 Å². The van der Waals surface area contributed by atoms with Crippen molar-refractivity contribution < 1.29 is 24.2 Å². The van der Waals surface area contributed by atoms with Crippen molar-refractivity contribution >= 4 is 39.7 Å². The molecule has 0 aliphatic carbocycles. The van der Waals surface area contributed by atoms with Crippen molar-refractivity contribution in [1.82, 2.24) is 0 Å². The number of morpholine rings is 1. The van der Waals surface area contributed by atoms with Crippen LogP contribution in [0.15, 0.2) is 38.1 Å². The summed E-state index contributed by atoms with van der Waals surface area (Å²) in [5.41, 5.74) is 0.213. The summed E-state index contributed by atoms with van der Waals surface area (Å²) in [6.45, 7) is 2.81. The number of halogens is 1. The van der Waals surface area contributed by atoms with E-state index >= 15 is 0 Å². The van der Waals surface area contributed by atoms with Gasteiger partial charge in [-0.25, -0.2) is 4.79 Å². The highest BCUT2D eigenvalue weighted by atomic mass is 79.9. The molecule has 1 fully saturated rings. The van der Waals surface area contributed by atoms with E-state index in [1.165, 1.54) is 24.4 Å². The predicted octanol–water partition coefficient (Wildman–Crippen LogP) is 3.03. The van der Waals surface area contributed by atoms with E-state index < -0.39 is 5.97 Å². The lowest BCUT2D eigenvalue weighted by molar-refractivity contribution is 0.0693. The molecular formula is C16H15BrN2O5. The highest BCUT2D eigenvalue weighted by Crippen LogP contribution is 2.30. The van der Waals surface area contributed by atoms with Gasteiger partial charge in [-0.2, -0.15) is 0 Å². The minimum Gasteiger partial charge on any atom is -0.507 e. The third-order valence-corrected chi connectivity index (χ3v) is 4.11. The van der Waals surface area contributed by atoms with Gasteiger partial charge in [0.15, 0.2) is 0 Å². The first-order valence-electron chi connectivity index (χ1n) is 7.27. The van der Waals surface area contributed by atoms with Gasteiger partial charge in [0, 0.05) is 19.2 Å². The first-order valence-corrected chi connectivity index (χ1v) is 8.06. The number of phenols is 1. The lowest BCUT2D eigenvalue weighted by Crippen LogP contribution is -2.36. The Morgan fingerprint density at radius 2 is 2.04 bits per heavy atom. The summed E-state index contributed by atoms with van der Waals surface area (Å²) in [6.07, 6.45) is 1.51. The standard InChI is InChI=1S/C16H15BrN2O5/c17-13-8-11(24-15(13)19-3-5-23-6-4-19)9-18-10-1-2-14(20)12(7-10)16(21)22/h1-2,7-9,20H,3-6H2,(H,21,22). The second-order valence-electron chi connectivity index (χ2n) is 5.17. The summed E-state index contributed by atoms with van der Waals surface area (Å²) >= 11 is 3.47. The van der Waals surface area contributed by atoms with Crippen molar-refractivity contribution in [2.24, 2.45) is 4.99 Å². The molecule has 0 spiro atoms. The van der Waals surface area contributed by atoms with Gasteiger partial charge < -0.3 is 24.3 Å². The topological polar surface area (TPSA) is 95.5 Å². The third-order valence-electron chi connectivity index (χ3n) is 3.54. The highest BCUT2D eigenvalue weighted by molar-refractivity contribution is 9.10. The fourth-order valence-corrected chi connectivity index (χ4v) is 2.89. The Hall–Kier alpha value is -2.32. The molecule has 3 rings (SSSR count). The fraction of sp³-hybridized carbons (Fsp3) is 0.250. The molecule has 0 radical (unpaired) electrons. The summed E-state index contributed by atoms with van der Waals surface area (Å²) < 4.78 is 11.9. The monoisotopic (exact) mass is 394 g/mol. The summed E-state index contributed by atoms with van der Waals surface area (Å²) in [5, 5.41) is 18.5. The Bertz CT molecular complexity index is 781. The van der Waals surface area contributed by atoms with Crippen LogP contribution in [0.1, 0.15) is 16.1 Å². The van der Waals surface area contributed by atoms with Gasteiger partial charge in [0.25, 0.3) is 0 Å². The van der Waals surface area contributed by atoms with Gasteiger partial charge in [-0.05, 0) is 34.1 Å². The van der Waals surface area contributed by atoms with Gasteiger partial charge in [0.05, 0.1) is 29.6 Å². The molecule has 24 heavy (non-hydrogen) atoms. The van der Waals surface area contributed by atoms with Crippen LogP contribution in [0.5, 0.6) is 5.75 Å². The van der Waals surface area contributed by atoms with Gasteiger partial charge in [-0.3, -0.25) is 4.99 Å². The Labute approximate surface area is 146 Å². The van der Waals surface area contributed by atoms with E-state index in [4.69, 9.17) is 14.3 Å². The first kappa shape index (κ1) is 16.5. The molecule has 1 aliphatic heterocycles. The molecule has 2 aromatic rings. The Morgan fingerprint density at radius 3 is 2.75 bits per heavy atom. The smallest absolute Gasteiger partial charge is 0.339 e. The predicted molar refractivity (Wildman–Crippen MR) is 91.8 cm³/mol. The number of carboxylic acids is 1. The molecule has 1 aromatic heterocycles. The van der Waals surface area contributed by atoms with Crippen molar-refractivity contribution in [3.63, 3.8) is 0 Å². The number of hydrogen-bond acceptors (Lipinski definition) is 6. The minimum absolute atomic E-state index is 0.195. The number of benzene rings is 1. The van der Waals surface area contributed by atoms with E-state index in [1.54, 1.807) is 6.07 Å². The van der Waals surface area contributed by atoms with E-state index in [0.717, 1.165) is 23.4 Å². The molecule has 0 amide bonds. The van der Waals surface area contributed by atoms with Crippen LogP contribution in [0.4, 0.5) is 11.6 Å². The molecule has 8 heteroatoms. The molecule has 0 saturated carbocycles. The van der Waals surface area contributed by atoms with Crippen LogP contribution in [0.3, 0.4) is 0 Å². The van der Waals surface area contributed by atoms with Crippen molar-refractivity contribution in [1.29, 1.82) is 0 Å². The summed E-state index contributed by atoms with van der Waals surface area (Å²) in [7, 11) is 0. The first-order chi connectivity index (χ1) is 11.5. The number of carbonyl (C=O) groups is 1. The Kier molecular flexibility index (Phi) is 4.86. The average Bonchev–Trinajstić information content (AvgIpc) is 2.95. The molecule has 2 N–H and O–H groups in total. The number of aromatic carboxylic acids is 1. The maximum Gasteiger partial charge on any atom is 0.339 e. The molecule has 1 aromatic carbocycles. The Morgan fingerprint density at radius 1 is 1.29 bits per heavy atom. The zero-order valence-electron chi connectivity index (χ0n) is 12.6. The second-order valence-corrected chi connectivity index (χ2v) is 6.02. The minimum atomic E-state index is -1.21. The van der Waals surface area contributed by atoms with E-state index in [1.807, 2.05) is 0 Å². The van der Waals surface area contributed by atoms with Crippen LogP contribution in [0, 0.1) is 0 Å². The van der Waals surface area contributed by atoms with Crippen LogP contribution in [0.2, 0.25) is 0 Å². The second kappa shape index (κ2) is 7.06. The van der Waals surface area contributed by atoms with Crippen LogP contribution >= 0.6 is 15.9 Å². The number of anilines is 1. The average molecular weight is 395 g/mol. The largest absolute Gasteiger partial charge is 0.507 e. The van der Waals surface area contributed by atoms with Crippen LogP contribution in [-0.4, -0.2) is 48.7 Å². The van der Waals surface area contributed by atoms with Gasteiger partial charge in [-0.15, -0.1) is 0 Å². The maximum absolute atomic E-state index is 11.0. The summed E-state index contributed by atoms with van der Waals surface area (Å²) in [4.78, 5) is 17.3. The molecule has 1 saturated heterocycles. The molecule has 7 nitrogen and oxygen atoms in total. The zero-order chi connectivity index (χ0) is 17.1. The third kappa shape index (κ3) is 3.60. The molecule has 0 unspecified atom stereocenters. The number of ether oxygens (including phenoxy) is 1. The molecule has 0 atom stereocenters. The normalized spacial score (nSPS) is 15.1. The van der Waals surface area contributed by atoms with Crippen molar-refractivity contribution in [3.8, 4) is 5.75 Å². The van der Waals surface area contributed by atoms with Crippen LogP contribution in [0.25, 0.3) is 0 Å². The van der Waals surface area contributed by atoms with Crippen molar-refractivity contribution in [2.45, 2.75) is 0 Å². The molecule has 126 valence electrons. The maximum atomic E-state index is 11.0. The van der Waals surface area contributed by atoms with E-state index in [0.29, 0.717) is 24.7 Å². The Balaban J connectivity index is 1.80. The lowest BCUT2D eigenvalue weighted by Gasteiger charge is -2.26. The molecular weight excluding hydrogens is 380 g/mol. The van der Waals surface area contributed by atoms with Crippen LogP contribution in [-0.2, 0) is 4.74 Å². The molecule has 1 aliphatic rings. The fourth-order valence-electron chi connectivity index (χ4n) is 2.34. The number of aliphatic imine (C=N–C) groups is 1.